The predicted octanol–water partition coefficient (Wildman–Crippen LogP) is 2.51. The number of benzene rings is 2. The minimum absolute atomic E-state index is 0.0968. The molecular formula is C16H16N2O4S. The zero-order chi connectivity index (χ0) is 17.0. The lowest BCUT2D eigenvalue weighted by molar-refractivity contribution is 0.101. The molecule has 1 amide bonds. The third-order valence-corrected chi connectivity index (χ3v) is 3.56. The van der Waals surface area contributed by atoms with Gasteiger partial charge >= 0.3 is 0 Å². The number of amides is 1. The van der Waals surface area contributed by atoms with E-state index in [1.54, 1.807) is 42.5 Å². The summed E-state index contributed by atoms with van der Waals surface area (Å²) in [6.07, 6.45) is 1.03. The first-order valence-electron chi connectivity index (χ1n) is 6.75. The number of carbonyl (C=O) groups excluding carboxylic acids is 2. The van der Waals surface area contributed by atoms with Crippen molar-refractivity contribution in [1.82, 2.24) is 0 Å². The molecule has 0 fully saturated rings. The van der Waals surface area contributed by atoms with E-state index in [1.165, 1.54) is 13.0 Å². The van der Waals surface area contributed by atoms with Gasteiger partial charge in [-0.2, -0.15) is 0 Å². The molecule has 0 aliphatic heterocycles. The first-order chi connectivity index (χ1) is 10.7. The smallest absolute Gasteiger partial charge is 0.255 e. The molecule has 7 heteroatoms. The Morgan fingerprint density at radius 1 is 0.913 bits per heavy atom. The number of Topliss-reactive ketones (excluding diaryl/α,β-unsaturated/α-hetero) is 1. The summed E-state index contributed by atoms with van der Waals surface area (Å²) in [6, 6.07) is 12.7. The Morgan fingerprint density at radius 3 is 2.09 bits per heavy atom. The van der Waals surface area contributed by atoms with Crippen molar-refractivity contribution in [2.75, 3.05) is 16.3 Å². The van der Waals surface area contributed by atoms with Crippen molar-refractivity contribution in [2.45, 2.75) is 6.92 Å². The summed E-state index contributed by atoms with van der Waals surface area (Å²) < 4.78 is 24.8. The molecule has 6 nitrogen and oxygen atoms in total. The lowest BCUT2D eigenvalue weighted by Crippen LogP contribution is -2.14. The molecule has 0 atom stereocenters. The zero-order valence-electron chi connectivity index (χ0n) is 12.7. The number of rotatable bonds is 5. The number of hydrogen-bond acceptors (Lipinski definition) is 4. The molecule has 2 aromatic rings. The Labute approximate surface area is 134 Å². The second-order valence-corrected chi connectivity index (χ2v) is 6.79. The van der Waals surface area contributed by atoms with E-state index in [4.69, 9.17) is 0 Å². The van der Waals surface area contributed by atoms with Gasteiger partial charge in [-0.25, -0.2) is 8.42 Å². The Hall–Kier alpha value is -2.67. The molecule has 0 spiro atoms. The summed E-state index contributed by atoms with van der Waals surface area (Å²) in [7, 11) is -3.41. The Morgan fingerprint density at radius 2 is 1.48 bits per heavy atom. The van der Waals surface area contributed by atoms with E-state index < -0.39 is 15.9 Å². The van der Waals surface area contributed by atoms with Gasteiger partial charge in [-0.1, -0.05) is 18.2 Å². The molecule has 0 saturated carbocycles. The second-order valence-electron chi connectivity index (χ2n) is 5.05. The molecule has 0 saturated heterocycles. The molecular weight excluding hydrogens is 316 g/mol. The predicted molar refractivity (Wildman–Crippen MR) is 89.3 cm³/mol. The maximum absolute atomic E-state index is 12.2. The molecule has 0 aliphatic rings. The van der Waals surface area contributed by atoms with Gasteiger partial charge < -0.3 is 5.32 Å². The molecule has 0 bridgehead atoms. The van der Waals surface area contributed by atoms with E-state index in [-0.39, 0.29) is 5.78 Å². The third-order valence-electron chi connectivity index (χ3n) is 2.95. The lowest BCUT2D eigenvalue weighted by Gasteiger charge is -2.08. The number of ketones is 1. The average Bonchev–Trinajstić information content (AvgIpc) is 2.46. The zero-order valence-corrected chi connectivity index (χ0v) is 13.5. The van der Waals surface area contributed by atoms with Gasteiger partial charge in [0.15, 0.2) is 5.78 Å². The van der Waals surface area contributed by atoms with E-state index in [1.807, 2.05) is 0 Å². The Balaban J connectivity index is 2.19. The highest BCUT2D eigenvalue weighted by Crippen LogP contribution is 2.16. The summed E-state index contributed by atoms with van der Waals surface area (Å²) in [5, 5.41) is 2.68. The van der Waals surface area contributed by atoms with Gasteiger partial charge in [0.25, 0.3) is 5.91 Å². The second kappa shape index (κ2) is 6.62. The van der Waals surface area contributed by atoms with Crippen LogP contribution in [0.1, 0.15) is 27.6 Å². The number of anilines is 2. The highest BCUT2D eigenvalue weighted by atomic mass is 32.2. The number of sulfonamides is 1. The number of carbonyl (C=O) groups is 2. The Bertz CT molecular complexity index is 860. The molecule has 0 radical (unpaired) electrons. The molecule has 0 heterocycles. The molecule has 2 rings (SSSR count). The summed E-state index contributed by atoms with van der Waals surface area (Å²) in [5.41, 5.74) is 1.59. The van der Waals surface area contributed by atoms with Crippen LogP contribution >= 0.6 is 0 Å². The van der Waals surface area contributed by atoms with Gasteiger partial charge in [0.1, 0.15) is 0 Å². The van der Waals surface area contributed by atoms with Gasteiger partial charge in [0, 0.05) is 22.5 Å². The summed E-state index contributed by atoms with van der Waals surface area (Å²) in [6.45, 7) is 1.45. The van der Waals surface area contributed by atoms with Crippen LogP contribution in [0.25, 0.3) is 0 Å². The largest absolute Gasteiger partial charge is 0.322 e. The quantitative estimate of drug-likeness (QED) is 0.823. The summed E-state index contributed by atoms with van der Waals surface area (Å²) in [4.78, 5) is 23.6. The fourth-order valence-corrected chi connectivity index (χ4v) is 2.51. The van der Waals surface area contributed by atoms with Crippen LogP contribution in [-0.2, 0) is 10.0 Å². The lowest BCUT2D eigenvalue weighted by atomic mass is 10.1. The van der Waals surface area contributed by atoms with E-state index in [2.05, 4.69) is 10.0 Å². The van der Waals surface area contributed by atoms with Crippen molar-refractivity contribution in [3.63, 3.8) is 0 Å². The fourth-order valence-electron chi connectivity index (χ4n) is 1.96. The van der Waals surface area contributed by atoms with E-state index >= 15 is 0 Å². The van der Waals surface area contributed by atoms with Gasteiger partial charge in [0.2, 0.25) is 10.0 Å². The minimum atomic E-state index is -3.41. The summed E-state index contributed by atoms with van der Waals surface area (Å²) in [5.74, 6) is -0.497. The van der Waals surface area contributed by atoms with Crippen molar-refractivity contribution >= 4 is 33.1 Å². The van der Waals surface area contributed by atoms with Gasteiger partial charge in [-0.15, -0.1) is 0 Å². The van der Waals surface area contributed by atoms with Crippen LogP contribution in [0.4, 0.5) is 11.4 Å². The van der Waals surface area contributed by atoms with Gasteiger partial charge in [-0.3, -0.25) is 14.3 Å². The fraction of sp³-hybridized carbons (Fsp3) is 0.125. The van der Waals surface area contributed by atoms with E-state index in [9.17, 15) is 18.0 Å². The molecule has 0 aromatic heterocycles. The number of nitrogens with one attached hydrogen (secondary N) is 2. The Kier molecular flexibility index (Phi) is 4.80. The van der Waals surface area contributed by atoms with Crippen molar-refractivity contribution in [1.29, 1.82) is 0 Å². The van der Waals surface area contributed by atoms with Crippen LogP contribution in [-0.4, -0.2) is 26.4 Å². The minimum Gasteiger partial charge on any atom is -0.322 e. The van der Waals surface area contributed by atoms with E-state index in [0.29, 0.717) is 22.5 Å². The van der Waals surface area contributed by atoms with Gasteiger partial charge in [-0.05, 0) is 37.3 Å². The number of hydrogen-bond donors (Lipinski definition) is 2. The maximum Gasteiger partial charge on any atom is 0.255 e. The van der Waals surface area contributed by atoms with Crippen LogP contribution in [0, 0.1) is 0 Å². The third kappa shape index (κ3) is 4.93. The SMILES string of the molecule is CC(=O)c1cccc(NC(=O)c2cccc(NS(C)(=O)=O)c2)c1. The van der Waals surface area contributed by atoms with Crippen LogP contribution in [0.3, 0.4) is 0 Å². The van der Waals surface area contributed by atoms with Crippen LogP contribution in [0.2, 0.25) is 0 Å². The van der Waals surface area contributed by atoms with Crippen molar-refractivity contribution < 1.29 is 18.0 Å². The van der Waals surface area contributed by atoms with Crippen LogP contribution in [0.15, 0.2) is 48.5 Å². The van der Waals surface area contributed by atoms with E-state index in [0.717, 1.165) is 6.26 Å². The summed E-state index contributed by atoms with van der Waals surface area (Å²) >= 11 is 0. The molecule has 23 heavy (non-hydrogen) atoms. The molecule has 2 aromatic carbocycles. The molecule has 120 valence electrons. The highest BCUT2D eigenvalue weighted by Gasteiger charge is 2.09. The standard InChI is InChI=1S/C16H16N2O4S/c1-11(19)12-5-3-7-14(9-12)17-16(20)13-6-4-8-15(10-13)18-23(2,21)22/h3-10,18H,1-2H3,(H,17,20). The van der Waals surface area contributed by atoms with Crippen LogP contribution in [0.5, 0.6) is 0 Å². The monoisotopic (exact) mass is 332 g/mol. The van der Waals surface area contributed by atoms with Crippen molar-refractivity contribution in [2.24, 2.45) is 0 Å². The highest BCUT2D eigenvalue weighted by molar-refractivity contribution is 7.92. The van der Waals surface area contributed by atoms with Crippen LogP contribution < -0.4 is 10.0 Å². The maximum atomic E-state index is 12.2. The molecule has 0 aliphatic carbocycles. The topological polar surface area (TPSA) is 92.3 Å². The normalized spacial score (nSPS) is 10.9. The van der Waals surface area contributed by atoms with Crippen molar-refractivity contribution in [3.8, 4) is 0 Å². The molecule has 0 unspecified atom stereocenters. The average molecular weight is 332 g/mol. The van der Waals surface area contributed by atoms with Gasteiger partial charge in [0.05, 0.1) is 6.26 Å². The first kappa shape index (κ1) is 16.7. The molecule has 2 N–H and O–H groups in total. The first-order valence-corrected chi connectivity index (χ1v) is 8.64. The van der Waals surface area contributed by atoms with Crippen molar-refractivity contribution in [3.05, 3.63) is 59.7 Å².